The number of hydrogen-bond acceptors (Lipinski definition) is 4. The molecule has 116 valence electrons. The average Bonchev–Trinajstić information content (AvgIpc) is 2.80. The van der Waals surface area contributed by atoms with Crippen molar-refractivity contribution >= 4 is 17.5 Å². The molecule has 0 atom stereocenters. The monoisotopic (exact) mass is 313 g/mol. The van der Waals surface area contributed by atoms with Crippen molar-refractivity contribution in [2.45, 2.75) is 13.1 Å². The van der Waals surface area contributed by atoms with Gasteiger partial charge < -0.3 is 15.6 Å². The number of amides is 2. The van der Waals surface area contributed by atoms with E-state index in [0.29, 0.717) is 0 Å². The molecule has 2 rings (SSSR count). The Morgan fingerprint density at radius 3 is 2.59 bits per heavy atom. The molecule has 1 aromatic carbocycles. The van der Waals surface area contributed by atoms with E-state index >= 15 is 0 Å². The predicted molar refractivity (Wildman–Crippen MR) is 69.2 cm³/mol. The van der Waals surface area contributed by atoms with Crippen molar-refractivity contribution < 1.29 is 27.3 Å². The number of halogens is 3. The van der Waals surface area contributed by atoms with E-state index in [9.17, 15) is 22.8 Å². The van der Waals surface area contributed by atoms with Crippen molar-refractivity contribution in [3.8, 4) is 0 Å². The number of hydrogen-bond donors (Lipinski definition) is 2. The summed E-state index contributed by atoms with van der Waals surface area (Å²) in [7, 11) is 0. The van der Waals surface area contributed by atoms with Crippen LogP contribution < -0.4 is 11.1 Å². The number of alkyl halides is 3. The second-order valence-electron chi connectivity index (χ2n) is 4.36. The highest BCUT2D eigenvalue weighted by Crippen LogP contribution is 2.30. The number of carbonyl (C=O) groups excluding carboxylic acids is 2. The average molecular weight is 313 g/mol. The molecule has 2 amide bonds. The normalized spacial score (nSPS) is 11.3. The molecule has 9 heteroatoms. The number of aryl methyl sites for hydroxylation is 1. The molecule has 0 bridgehead atoms. The van der Waals surface area contributed by atoms with Gasteiger partial charge in [-0.2, -0.15) is 13.2 Å². The van der Waals surface area contributed by atoms with Crippen LogP contribution in [-0.2, 0) is 6.18 Å². The van der Waals surface area contributed by atoms with E-state index in [0.717, 1.165) is 18.2 Å². The van der Waals surface area contributed by atoms with Gasteiger partial charge >= 0.3 is 6.18 Å². The summed E-state index contributed by atoms with van der Waals surface area (Å²) in [6.45, 7) is 1.38. The summed E-state index contributed by atoms with van der Waals surface area (Å²) >= 11 is 0. The predicted octanol–water partition coefficient (Wildman–Crippen LogP) is 2.35. The number of carbonyl (C=O) groups is 2. The summed E-state index contributed by atoms with van der Waals surface area (Å²) in [4.78, 5) is 23.2. The first-order chi connectivity index (χ1) is 10.2. The van der Waals surface area contributed by atoms with Gasteiger partial charge in [0.1, 0.15) is 11.3 Å². The van der Waals surface area contributed by atoms with Crippen LogP contribution in [0.2, 0.25) is 0 Å². The number of anilines is 1. The van der Waals surface area contributed by atoms with Gasteiger partial charge in [-0.15, -0.1) is 0 Å². The molecular weight excluding hydrogens is 303 g/mol. The Morgan fingerprint density at radius 1 is 1.32 bits per heavy atom. The zero-order chi connectivity index (χ0) is 16.5. The van der Waals surface area contributed by atoms with Crippen LogP contribution in [-0.4, -0.2) is 17.0 Å². The third-order valence-electron chi connectivity index (χ3n) is 2.77. The zero-order valence-electron chi connectivity index (χ0n) is 11.2. The van der Waals surface area contributed by atoms with Crippen molar-refractivity contribution in [1.82, 2.24) is 5.16 Å². The maximum atomic E-state index is 12.6. The Kier molecular flexibility index (Phi) is 3.89. The number of aromatic nitrogens is 1. The number of benzene rings is 1. The number of rotatable bonds is 3. The fourth-order valence-corrected chi connectivity index (χ4v) is 1.77. The lowest BCUT2D eigenvalue weighted by molar-refractivity contribution is -0.137. The molecule has 1 heterocycles. The van der Waals surface area contributed by atoms with Gasteiger partial charge in [0.15, 0.2) is 5.69 Å². The summed E-state index contributed by atoms with van der Waals surface area (Å²) in [6.07, 6.45) is -4.54. The van der Waals surface area contributed by atoms with Gasteiger partial charge in [0, 0.05) is 5.69 Å². The second-order valence-corrected chi connectivity index (χ2v) is 4.36. The molecule has 0 fully saturated rings. The third kappa shape index (κ3) is 3.08. The zero-order valence-corrected chi connectivity index (χ0v) is 11.2. The van der Waals surface area contributed by atoms with Crippen LogP contribution in [0.4, 0.5) is 18.9 Å². The maximum absolute atomic E-state index is 12.6. The van der Waals surface area contributed by atoms with Gasteiger partial charge in [-0.25, -0.2) is 0 Å². The van der Waals surface area contributed by atoms with Crippen LogP contribution in [0.1, 0.15) is 32.2 Å². The summed E-state index contributed by atoms with van der Waals surface area (Å²) in [5, 5.41) is 5.59. The molecule has 6 nitrogen and oxygen atoms in total. The molecular formula is C13H10F3N3O3. The molecule has 0 unspecified atom stereocenters. The highest BCUT2D eigenvalue weighted by Gasteiger charge is 2.31. The Balaban J connectivity index is 2.30. The van der Waals surface area contributed by atoms with E-state index < -0.39 is 23.6 Å². The SMILES string of the molecule is Cc1onc(C(N)=O)c1C(=O)Nc1cccc(C(F)(F)F)c1. The Labute approximate surface area is 122 Å². The van der Waals surface area contributed by atoms with Crippen LogP contribution in [0.15, 0.2) is 28.8 Å². The van der Waals surface area contributed by atoms with Crippen LogP contribution in [0.5, 0.6) is 0 Å². The number of nitrogens with one attached hydrogen (secondary N) is 1. The van der Waals surface area contributed by atoms with E-state index in [1.807, 2.05) is 0 Å². The lowest BCUT2D eigenvalue weighted by atomic mass is 10.1. The minimum Gasteiger partial charge on any atom is -0.364 e. The van der Waals surface area contributed by atoms with Crippen LogP contribution in [0, 0.1) is 6.92 Å². The molecule has 0 spiro atoms. The molecule has 1 aromatic heterocycles. The lowest BCUT2D eigenvalue weighted by Gasteiger charge is -2.09. The standard InChI is InChI=1S/C13H10F3N3O3/c1-6-9(10(11(17)20)19-22-6)12(21)18-8-4-2-3-7(5-8)13(14,15)16/h2-5H,1H3,(H2,17,20)(H,18,21). The fraction of sp³-hybridized carbons (Fsp3) is 0.154. The second kappa shape index (κ2) is 5.51. The Hall–Kier alpha value is -2.84. The Morgan fingerprint density at radius 2 is 2.00 bits per heavy atom. The fourth-order valence-electron chi connectivity index (χ4n) is 1.77. The molecule has 22 heavy (non-hydrogen) atoms. The van der Waals surface area contributed by atoms with Crippen molar-refractivity contribution in [1.29, 1.82) is 0 Å². The molecule has 0 aliphatic rings. The maximum Gasteiger partial charge on any atom is 0.416 e. The van der Waals surface area contributed by atoms with Gasteiger partial charge in [-0.3, -0.25) is 9.59 Å². The highest BCUT2D eigenvalue weighted by molar-refractivity contribution is 6.11. The summed E-state index contributed by atoms with van der Waals surface area (Å²) in [5.41, 5.74) is 3.44. The minimum atomic E-state index is -4.54. The van der Waals surface area contributed by atoms with Crippen LogP contribution in [0.25, 0.3) is 0 Å². The van der Waals surface area contributed by atoms with Crippen molar-refractivity contribution in [2.75, 3.05) is 5.32 Å². The highest BCUT2D eigenvalue weighted by atomic mass is 19.4. The first kappa shape index (κ1) is 15.5. The largest absolute Gasteiger partial charge is 0.416 e. The molecule has 0 aliphatic heterocycles. The number of nitrogens with two attached hydrogens (primary N) is 1. The van der Waals surface area contributed by atoms with Crippen LogP contribution in [0.3, 0.4) is 0 Å². The number of primary amides is 1. The van der Waals surface area contributed by atoms with Gasteiger partial charge in [-0.05, 0) is 25.1 Å². The van der Waals surface area contributed by atoms with E-state index in [-0.39, 0.29) is 22.7 Å². The molecule has 0 saturated heterocycles. The third-order valence-corrected chi connectivity index (χ3v) is 2.77. The summed E-state index contributed by atoms with van der Waals surface area (Å²) in [5.74, 6) is -1.80. The van der Waals surface area contributed by atoms with Crippen molar-refractivity contribution in [3.05, 3.63) is 46.8 Å². The lowest BCUT2D eigenvalue weighted by Crippen LogP contribution is -2.20. The Bertz CT molecular complexity index is 738. The quantitative estimate of drug-likeness (QED) is 0.908. The molecule has 0 saturated carbocycles. The van der Waals surface area contributed by atoms with Gasteiger partial charge in [-0.1, -0.05) is 11.2 Å². The van der Waals surface area contributed by atoms with Gasteiger partial charge in [0.05, 0.1) is 5.56 Å². The first-order valence-corrected chi connectivity index (χ1v) is 5.95. The topological polar surface area (TPSA) is 98.2 Å². The molecule has 3 N–H and O–H groups in total. The smallest absolute Gasteiger partial charge is 0.364 e. The first-order valence-electron chi connectivity index (χ1n) is 5.95. The van der Waals surface area contributed by atoms with Crippen LogP contribution >= 0.6 is 0 Å². The minimum absolute atomic E-state index is 0.0262. The summed E-state index contributed by atoms with van der Waals surface area (Å²) in [6, 6.07) is 4.06. The molecule has 0 aliphatic carbocycles. The number of nitrogens with zero attached hydrogens (tertiary/aromatic N) is 1. The molecule has 0 radical (unpaired) electrons. The van der Waals surface area contributed by atoms with E-state index in [2.05, 4.69) is 10.5 Å². The summed E-state index contributed by atoms with van der Waals surface area (Å²) < 4.78 is 42.5. The van der Waals surface area contributed by atoms with Crippen molar-refractivity contribution in [2.24, 2.45) is 5.73 Å². The van der Waals surface area contributed by atoms with Gasteiger partial charge in [0.25, 0.3) is 11.8 Å². The van der Waals surface area contributed by atoms with Gasteiger partial charge in [0.2, 0.25) is 0 Å². The van der Waals surface area contributed by atoms with E-state index in [1.54, 1.807) is 0 Å². The molecule has 2 aromatic rings. The van der Waals surface area contributed by atoms with Crippen molar-refractivity contribution in [3.63, 3.8) is 0 Å². The van der Waals surface area contributed by atoms with E-state index in [4.69, 9.17) is 10.3 Å². The van der Waals surface area contributed by atoms with E-state index in [1.165, 1.54) is 13.0 Å².